The molecule has 3 N–H and O–H groups in total. The zero-order chi connectivity index (χ0) is 17.4. The van der Waals surface area contributed by atoms with E-state index < -0.39 is 12.0 Å². The Morgan fingerprint density at radius 2 is 1.96 bits per heavy atom. The maximum absolute atomic E-state index is 11.6. The van der Waals surface area contributed by atoms with Crippen LogP contribution in [0.3, 0.4) is 0 Å². The summed E-state index contributed by atoms with van der Waals surface area (Å²) in [4.78, 5) is 15.1. The minimum absolute atomic E-state index is 0.187. The Kier molecular flexibility index (Phi) is 3.93. The quantitative estimate of drug-likeness (QED) is 0.684. The van der Waals surface area contributed by atoms with Crippen molar-refractivity contribution >= 4 is 16.9 Å². The molecule has 25 heavy (non-hydrogen) atoms. The fraction of sp³-hybridized carbons (Fsp3) is 0.250. The van der Waals surface area contributed by atoms with Crippen molar-refractivity contribution in [2.75, 3.05) is 6.61 Å². The second kappa shape index (κ2) is 6.26. The molecule has 0 aliphatic carbocycles. The highest BCUT2D eigenvalue weighted by Gasteiger charge is 2.33. The summed E-state index contributed by atoms with van der Waals surface area (Å²) in [5, 5.41) is 13.9. The maximum Gasteiger partial charge on any atom is 0.321 e. The van der Waals surface area contributed by atoms with Gasteiger partial charge in [-0.2, -0.15) is 0 Å². The van der Waals surface area contributed by atoms with Gasteiger partial charge in [-0.15, -0.1) is 0 Å². The Morgan fingerprint density at radius 1 is 1.20 bits per heavy atom. The molecular formula is C20H20N2O3. The minimum atomic E-state index is -0.827. The maximum atomic E-state index is 11.6. The number of carbonyl (C=O) groups is 1. The number of hydrogen-bond acceptors (Lipinski definition) is 3. The smallest absolute Gasteiger partial charge is 0.321 e. The molecule has 0 saturated carbocycles. The second-order valence-corrected chi connectivity index (χ2v) is 6.26. The van der Waals surface area contributed by atoms with Gasteiger partial charge in [0.15, 0.2) is 0 Å². The Labute approximate surface area is 145 Å². The van der Waals surface area contributed by atoms with E-state index in [4.69, 9.17) is 4.74 Å². The Morgan fingerprint density at radius 3 is 2.68 bits per heavy atom. The summed E-state index contributed by atoms with van der Waals surface area (Å²) >= 11 is 0. The Bertz CT molecular complexity index is 914. The third-order valence-electron chi connectivity index (χ3n) is 4.73. The van der Waals surface area contributed by atoms with Crippen LogP contribution in [0.2, 0.25) is 0 Å². The lowest BCUT2D eigenvalue weighted by Gasteiger charge is -2.29. The van der Waals surface area contributed by atoms with Crippen LogP contribution >= 0.6 is 0 Å². The lowest BCUT2D eigenvalue weighted by Crippen LogP contribution is -2.44. The van der Waals surface area contributed by atoms with Crippen LogP contribution in [-0.2, 0) is 11.2 Å². The first kappa shape index (κ1) is 15.7. The van der Waals surface area contributed by atoms with E-state index in [0.29, 0.717) is 13.0 Å². The van der Waals surface area contributed by atoms with Gasteiger partial charge in [0.25, 0.3) is 0 Å². The number of fused-ring (bicyclic) bond motifs is 3. The fourth-order valence-electron chi connectivity index (χ4n) is 3.58. The molecule has 5 heteroatoms. The number of aromatic amines is 1. The Balaban J connectivity index is 1.80. The van der Waals surface area contributed by atoms with Crippen LogP contribution in [0.1, 0.15) is 29.8 Å². The predicted molar refractivity (Wildman–Crippen MR) is 96.0 cm³/mol. The SMILES string of the molecule is CCOc1ccc(C2NC(C(=O)O)Cc3c2[nH]c2ccccc32)cc1. The summed E-state index contributed by atoms with van der Waals surface area (Å²) in [5.74, 6) is -0.0134. The standard InChI is InChI=1S/C20H20N2O3/c1-2-25-13-9-7-12(8-10-13)18-19-15(11-17(22-18)20(23)24)14-5-3-4-6-16(14)21-19/h3-10,17-18,21-22H,2,11H2,1H3,(H,23,24). The first-order valence-corrected chi connectivity index (χ1v) is 8.48. The van der Waals surface area contributed by atoms with Crippen molar-refractivity contribution in [2.45, 2.75) is 25.4 Å². The highest BCUT2D eigenvalue weighted by Crippen LogP contribution is 2.35. The lowest BCUT2D eigenvalue weighted by molar-refractivity contribution is -0.139. The average Bonchev–Trinajstić information content (AvgIpc) is 3.00. The van der Waals surface area contributed by atoms with Gasteiger partial charge in [0, 0.05) is 23.0 Å². The first-order chi connectivity index (χ1) is 12.2. The van der Waals surface area contributed by atoms with Gasteiger partial charge in [0.05, 0.1) is 12.6 Å². The number of para-hydroxylation sites is 1. The number of H-pyrrole nitrogens is 1. The molecular weight excluding hydrogens is 316 g/mol. The highest BCUT2D eigenvalue weighted by molar-refractivity contribution is 5.87. The molecule has 0 spiro atoms. The van der Waals surface area contributed by atoms with Crippen LogP contribution in [0.5, 0.6) is 5.75 Å². The largest absolute Gasteiger partial charge is 0.494 e. The van der Waals surface area contributed by atoms with Crippen LogP contribution in [0.4, 0.5) is 0 Å². The number of hydrogen-bond donors (Lipinski definition) is 3. The molecule has 1 aliphatic heterocycles. The number of aromatic nitrogens is 1. The average molecular weight is 336 g/mol. The van der Waals surface area contributed by atoms with E-state index in [9.17, 15) is 9.90 Å². The molecule has 5 nitrogen and oxygen atoms in total. The molecule has 1 aliphatic rings. The molecule has 2 heterocycles. The van der Waals surface area contributed by atoms with E-state index in [1.807, 2.05) is 55.5 Å². The van der Waals surface area contributed by atoms with Crippen LogP contribution in [0, 0.1) is 0 Å². The van der Waals surface area contributed by atoms with Crippen LogP contribution < -0.4 is 10.1 Å². The molecule has 0 radical (unpaired) electrons. The molecule has 0 amide bonds. The van der Waals surface area contributed by atoms with Crippen molar-refractivity contribution in [3.8, 4) is 5.75 Å². The number of benzene rings is 2. The number of ether oxygens (including phenoxy) is 1. The minimum Gasteiger partial charge on any atom is -0.494 e. The summed E-state index contributed by atoms with van der Waals surface area (Å²) < 4.78 is 5.50. The Hall–Kier alpha value is -2.79. The summed E-state index contributed by atoms with van der Waals surface area (Å²) in [6, 6.07) is 15.1. The van der Waals surface area contributed by atoms with Crippen molar-refractivity contribution in [3.63, 3.8) is 0 Å². The number of nitrogens with one attached hydrogen (secondary N) is 2. The van der Waals surface area contributed by atoms with Gasteiger partial charge < -0.3 is 14.8 Å². The fourth-order valence-corrected chi connectivity index (χ4v) is 3.58. The second-order valence-electron chi connectivity index (χ2n) is 6.26. The topological polar surface area (TPSA) is 74.3 Å². The van der Waals surface area contributed by atoms with Crippen LogP contribution in [-0.4, -0.2) is 28.7 Å². The molecule has 2 unspecified atom stereocenters. The van der Waals surface area contributed by atoms with Crippen LogP contribution in [0.15, 0.2) is 48.5 Å². The van der Waals surface area contributed by atoms with Gasteiger partial charge in [0.2, 0.25) is 0 Å². The van der Waals surface area contributed by atoms with E-state index in [1.54, 1.807) is 0 Å². The van der Waals surface area contributed by atoms with Gasteiger partial charge in [0.1, 0.15) is 11.8 Å². The van der Waals surface area contributed by atoms with Crippen molar-refractivity contribution in [3.05, 3.63) is 65.4 Å². The molecule has 4 rings (SSSR count). The summed E-state index contributed by atoms with van der Waals surface area (Å²) in [6.45, 7) is 2.57. The molecule has 2 aromatic carbocycles. The van der Waals surface area contributed by atoms with Crippen molar-refractivity contribution in [1.29, 1.82) is 0 Å². The van der Waals surface area contributed by atoms with Gasteiger partial charge in [-0.3, -0.25) is 10.1 Å². The number of carboxylic acid groups (broad SMARTS) is 1. The third-order valence-corrected chi connectivity index (χ3v) is 4.73. The lowest BCUT2D eigenvalue weighted by atomic mass is 9.90. The van der Waals surface area contributed by atoms with E-state index in [-0.39, 0.29) is 6.04 Å². The number of carboxylic acids is 1. The van der Waals surface area contributed by atoms with Gasteiger partial charge in [-0.25, -0.2) is 0 Å². The van der Waals surface area contributed by atoms with Gasteiger partial charge in [-0.1, -0.05) is 30.3 Å². The zero-order valence-electron chi connectivity index (χ0n) is 14.0. The number of rotatable bonds is 4. The predicted octanol–water partition coefficient (Wildman–Crippen LogP) is 3.25. The van der Waals surface area contributed by atoms with Crippen LogP contribution in [0.25, 0.3) is 10.9 Å². The normalized spacial score (nSPS) is 19.6. The molecule has 1 aromatic heterocycles. The van der Waals surface area contributed by atoms with E-state index >= 15 is 0 Å². The molecule has 0 saturated heterocycles. The van der Waals surface area contributed by atoms with Gasteiger partial charge in [-0.05, 0) is 36.2 Å². The first-order valence-electron chi connectivity index (χ1n) is 8.48. The highest BCUT2D eigenvalue weighted by atomic mass is 16.5. The summed E-state index contributed by atoms with van der Waals surface area (Å²) in [6.07, 6.45) is 0.474. The zero-order valence-corrected chi connectivity index (χ0v) is 14.0. The molecule has 0 fully saturated rings. The van der Waals surface area contributed by atoms with E-state index in [2.05, 4.69) is 10.3 Å². The van der Waals surface area contributed by atoms with E-state index in [0.717, 1.165) is 33.5 Å². The van der Waals surface area contributed by atoms with E-state index in [1.165, 1.54) is 0 Å². The summed E-state index contributed by atoms with van der Waals surface area (Å²) in [7, 11) is 0. The third kappa shape index (κ3) is 2.76. The van der Waals surface area contributed by atoms with Gasteiger partial charge >= 0.3 is 5.97 Å². The molecule has 2 atom stereocenters. The van der Waals surface area contributed by atoms with Crippen molar-refractivity contribution < 1.29 is 14.6 Å². The summed E-state index contributed by atoms with van der Waals surface area (Å²) in [5.41, 5.74) is 4.18. The number of aliphatic carboxylic acids is 1. The molecule has 128 valence electrons. The monoisotopic (exact) mass is 336 g/mol. The van der Waals surface area contributed by atoms with Crippen molar-refractivity contribution in [1.82, 2.24) is 10.3 Å². The molecule has 3 aromatic rings. The molecule has 0 bridgehead atoms. The van der Waals surface area contributed by atoms with Crippen molar-refractivity contribution in [2.24, 2.45) is 0 Å².